The average Bonchev–Trinajstić information content (AvgIpc) is 3.24. The topological polar surface area (TPSA) is 91.3 Å². The highest BCUT2D eigenvalue weighted by atomic mass is 31.2. The molecule has 0 heterocycles. The molecule has 0 aromatic rings. The first kappa shape index (κ1) is 61.7. The van der Waals surface area contributed by atoms with Crippen LogP contribution < -0.4 is 0 Å². The number of unbranched alkanes of at least 4 members (excludes halogenated alkanes) is 30. The number of phosphoric ester groups is 1. The van der Waals surface area contributed by atoms with Crippen LogP contribution in [0.15, 0.2) is 36.5 Å². The van der Waals surface area contributed by atoms with E-state index in [9.17, 15) is 14.3 Å². The molecule has 8 nitrogen and oxygen atoms in total. The van der Waals surface area contributed by atoms with Gasteiger partial charge in [-0.3, -0.25) is 13.8 Å². The Kier molecular flexibility index (Phi) is 46.3. The Hall–Kier alpha value is -1.28. The molecule has 372 valence electrons. The van der Waals surface area contributed by atoms with E-state index < -0.39 is 13.9 Å². The summed E-state index contributed by atoms with van der Waals surface area (Å²) in [4.78, 5) is 23.0. The van der Waals surface area contributed by atoms with Gasteiger partial charge in [-0.05, 0) is 51.4 Å². The molecular formula is C54H105NO7P+. The third-order valence-electron chi connectivity index (χ3n) is 11.7. The summed E-state index contributed by atoms with van der Waals surface area (Å²) in [5.74, 6) is -0.311. The standard InChI is InChI=1S/C54H104NO7P/c1-6-8-10-12-14-16-18-20-22-23-24-25-26-27-28-29-30-31-32-34-36-38-40-42-44-46-49-59-51-53(52-61-63(57,58)60-50-48-55(3,4)5)62-54(56)47-45-43-41-39-37-35-33-21-19-17-15-13-11-9-7-2/h18,20,23-24,26-27,53H,6-17,19,21-22,25,28-52H2,1-5H3/p+1/b20-18-,24-23-,27-26-. The van der Waals surface area contributed by atoms with E-state index in [0.29, 0.717) is 24.1 Å². The van der Waals surface area contributed by atoms with E-state index in [1.54, 1.807) is 0 Å². The van der Waals surface area contributed by atoms with Crippen LogP contribution in [0.5, 0.6) is 0 Å². The van der Waals surface area contributed by atoms with E-state index in [0.717, 1.165) is 44.9 Å². The Balaban J connectivity index is 4.06. The number of rotatable bonds is 50. The van der Waals surface area contributed by atoms with E-state index in [1.807, 2.05) is 21.1 Å². The lowest BCUT2D eigenvalue weighted by molar-refractivity contribution is -0.870. The van der Waals surface area contributed by atoms with Gasteiger partial charge in [-0.1, -0.05) is 224 Å². The minimum atomic E-state index is -4.28. The molecule has 0 bridgehead atoms. The predicted molar refractivity (Wildman–Crippen MR) is 270 cm³/mol. The average molecular weight is 911 g/mol. The molecule has 0 aromatic carbocycles. The molecule has 0 saturated heterocycles. The molecule has 0 fully saturated rings. The van der Waals surface area contributed by atoms with Gasteiger partial charge < -0.3 is 18.9 Å². The van der Waals surface area contributed by atoms with Gasteiger partial charge in [0, 0.05) is 13.0 Å². The van der Waals surface area contributed by atoms with Gasteiger partial charge in [0.25, 0.3) is 0 Å². The minimum absolute atomic E-state index is 0.0895. The Labute approximate surface area is 391 Å². The van der Waals surface area contributed by atoms with Crippen LogP contribution in [0.4, 0.5) is 0 Å². The van der Waals surface area contributed by atoms with Crippen LogP contribution in [0.3, 0.4) is 0 Å². The molecule has 0 aliphatic rings. The van der Waals surface area contributed by atoms with Gasteiger partial charge >= 0.3 is 13.8 Å². The normalized spacial score (nSPS) is 13.8. The predicted octanol–water partition coefficient (Wildman–Crippen LogP) is 16.5. The van der Waals surface area contributed by atoms with Gasteiger partial charge in [0.1, 0.15) is 19.3 Å². The summed E-state index contributed by atoms with van der Waals surface area (Å²) in [5, 5.41) is 0. The zero-order valence-electron chi connectivity index (χ0n) is 42.3. The number of allylic oxidation sites excluding steroid dienone is 6. The first-order valence-corrected chi connectivity index (χ1v) is 28.2. The summed E-state index contributed by atoms with van der Waals surface area (Å²) in [7, 11) is 1.67. The number of carbonyl (C=O) groups is 1. The Morgan fingerprint density at radius 3 is 1.30 bits per heavy atom. The Bertz CT molecular complexity index is 1100. The third-order valence-corrected chi connectivity index (χ3v) is 12.7. The van der Waals surface area contributed by atoms with Gasteiger partial charge in [-0.2, -0.15) is 0 Å². The monoisotopic (exact) mass is 911 g/mol. The lowest BCUT2D eigenvalue weighted by Gasteiger charge is -2.24. The zero-order chi connectivity index (χ0) is 46.2. The molecular weight excluding hydrogens is 806 g/mol. The van der Waals surface area contributed by atoms with Gasteiger partial charge in [0.2, 0.25) is 0 Å². The third kappa shape index (κ3) is 51.6. The van der Waals surface area contributed by atoms with Crippen molar-refractivity contribution in [1.29, 1.82) is 0 Å². The van der Waals surface area contributed by atoms with E-state index in [2.05, 4.69) is 50.3 Å². The van der Waals surface area contributed by atoms with E-state index in [1.165, 1.54) is 180 Å². The summed E-state index contributed by atoms with van der Waals surface area (Å²) < 4.78 is 35.2. The highest BCUT2D eigenvalue weighted by Gasteiger charge is 2.26. The number of hydrogen-bond acceptors (Lipinski definition) is 6. The highest BCUT2D eigenvalue weighted by molar-refractivity contribution is 7.47. The van der Waals surface area contributed by atoms with Crippen LogP contribution in [-0.2, 0) is 27.9 Å². The molecule has 2 atom stereocenters. The number of likely N-dealkylation sites (N-methyl/N-ethyl adjacent to an activating group) is 1. The number of nitrogens with zero attached hydrogens (tertiary/aromatic N) is 1. The number of esters is 1. The molecule has 0 spiro atoms. The fourth-order valence-electron chi connectivity index (χ4n) is 7.56. The summed E-state index contributed by atoms with van der Waals surface area (Å²) in [6, 6.07) is 0. The maximum Gasteiger partial charge on any atom is 0.472 e. The molecule has 0 saturated carbocycles. The highest BCUT2D eigenvalue weighted by Crippen LogP contribution is 2.43. The minimum Gasteiger partial charge on any atom is -0.457 e. The first-order chi connectivity index (χ1) is 30.6. The lowest BCUT2D eigenvalue weighted by Crippen LogP contribution is -2.37. The Morgan fingerprint density at radius 1 is 0.492 bits per heavy atom. The lowest BCUT2D eigenvalue weighted by atomic mass is 10.0. The van der Waals surface area contributed by atoms with Gasteiger partial charge in [-0.25, -0.2) is 4.57 Å². The second-order valence-corrected chi connectivity index (χ2v) is 20.7. The molecule has 9 heteroatoms. The van der Waals surface area contributed by atoms with Crippen LogP contribution in [0.25, 0.3) is 0 Å². The van der Waals surface area contributed by atoms with Crippen molar-refractivity contribution in [3.63, 3.8) is 0 Å². The van der Waals surface area contributed by atoms with Crippen molar-refractivity contribution in [3.8, 4) is 0 Å². The molecule has 2 unspecified atom stereocenters. The summed E-state index contributed by atoms with van der Waals surface area (Å²) in [6.45, 7) is 5.65. The van der Waals surface area contributed by atoms with Crippen LogP contribution in [0.2, 0.25) is 0 Å². The summed E-state index contributed by atoms with van der Waals surface area (Å²) in [6.07, 6.45) is 57.6. The number of phosphoric acid groups is 1. The quantitative estimate of drug-likeness (QED) is 0.0214. The van der Waals surface area contributed by atoms with Crippen LogP contribution >= 0.6 is 7.82 Å². The van der Waals surface area contributed by atoms with Crippen LogP contribution in [0.1, 0.15) is 245 Å². The number of quaternary nitrogens is 1. The second-order valence-electron chi connectivity index (χ2n) is 19.3. The van der Waals surface area contributed by atoms with Crippen LogP contribution in [-0.4, -0.2) is 75.6 Å². The smallest absolute Gasteiger partial charge is 0.457 e. The number of hydrogen-bond donors (Lipinski definition) is 1. The fourth-order valence-corrected chi connectivity index (χ4v) is 8.30. The van der Waals surface area contributed by atoms with Crippen LogP contribution in [0, 0.1) is 0 Å². The van der Waals surface area contributed by atoms with Crippen molar-refractivity contribution in [3.05, 3.63) is 36.5 Å². The number of carbonyl (C=O) groups excluding carboxylic acids is 1. The van der Waals surface area contributed by atoms with Crippen molar-refractivity contribution >= 4 is 13.8 Å². The molecule has 0 radical (unpaired) electrons. The molecule has 0 aliphatic carbocycles. The van der Waals surface area contributed by atoms with Crippen molar-refractivity contribution in [2.24, 2.45) is 0 Å². The Morgan fingerprint density at radius 2 is 0.873 bits per heavy atom. The molecule has 1 N–H and O–H groups in total. The van der Waals surface area contributed by atoms with Crippen molar-refractivity contribution in [2.45, 2.75) is 251 Å². The fraction of sp³-hybridized carbons (Fsp3) is 0.870. The van der Waals surface area contributed by atoms with Gasteiger partial charge in [0.05, 0.1) is 34.4 Å². The first-order valence-electron chi connectivity index (χ1n) is 26.7. The van der Waals surface area contributed by atoms with Gasteiger partial charge in [0.15, 0.2) is 0 Å². The zero-order valence-corrected chi connectivity index (χ0v) is 43.2. The molecule has 0 aromatic heterocycles. The maximum atomic E-state index is 12.7. The van der Waals surface area contributed by atoms with Gasteiger partial charge in [-0.15, -0.1) is 0 Å². The molecule has 0 rings (SSSR count). The van der Waals surface area contributed by atoms with E-state index >= 15 is 0 Å². The molecule has 0 aliphatic heterocycles. The van der Waals surface area contributed by atoms with E-state index in [4.69, 9.17) is 18.5 Å². The largest absolute Gasteiger partial charge is 0.472 e. The van der Waals surface area contributed by atoms with Crippen molar-refractivity contribution in [1.82, 2.24) is 0 Å². The van der Waals surface area contributed by atoms with Crippen molar-refractivity contribution < 1.29 is 37.3 Å². The van der Waals surface area contributed by atoms with E-state index in [-0.39, 0.29) is 25.8 Å². The second kappa shape index (κ2) is 47.2. The molecule has 63 heavy (non-hydrogen) atoms. The summed E-state index contributed by atoms with van der Waals surface area (Å²) in [5.41, 5.74) is 0. The maximum absolute atomic E-state index is 12.7. The number of ether oxygens (including phenoxy) is 2. The molecule has 0 amide bonds. The summed E-state index contributed by atoms with van der Waals surface area (Å²) >= 11 is 0. The SMILES string of the molecule is CCCCCCC/C=C\C/C=C\C/C=C\CCCCCCCCCCCCCOCC(COP(=O)(O)OCC[N+](C)(C)C)OC(=O)CCCCCCCCCCCCCCCCC. The van der Waals surface area contributed by atoms with Crippen molar-refractivity contribution in [2.75, 3.05) is 54.1 Å².